The summed E-state index contributed by atoms with van der Waals surface area (Å²) in [5, 5.41) is 0. The van der Waals surface area contributed by atoms with Crippen molar-refractivity contribution >= 4 is 5.90 Å². The van der Waals surface area contributed by atoms with E-state index in [1.165, 1.54) is 5.56 Å². The Labute approximate surface area is 151 Å². The summed E-state index contributed by atoms with van der Waals surface area (Å²) in [5.74, 6) is 1.87. The van der Waals surface area contributed by atoms with E-state index in [1.54, 1.807) is 0 Å². The first-order chi connectivity index (χ1) is 10.9. The summed E-state index contributed by atoms with van der Waals surface area (Å²) in [6.45, 7) is 0.690. The second-order valence-electron chi connectivity index (χ2n) is 5.22. The van der Waals surface area contributed by atoms with Gasteiger partial charge >= 0.3 is 0 Å². The van der Waals surface area contributed by atoms with Gasteiger partial charge in [0.2, 0.25) is 0 Å². The van der Waals surface area contributed by atoms with E-state index in [1.807, 2.05) is 63.9 Å². The van der Waals surface area contributed by atoms with Gasteiger partial charge in [0.1, 0.15) is 6.61 Å². The number of hydrogen-bond donors (Lipinski definition) is 0. The molecule has 1 heterocycles. The minimum absolute atomic E-state index is 0. The summed E-state index contributed by atoms with van der Waals surface area (Å²) in [7, 11) is 0. The molecule has 0 N–H and O–H groups in total. The summed E-state index contributed by atoms with van der Waals surface area (Å²) >= 11 is 0. The van der Waals surface area contributed by atoms with E-state index in [0.29, 0.717) is 6.61 Å². The van der Waals surface area contributed by atoms with Gasteiger partial charge in [0.05, 0.1) is 12.0 Å². The van der Waals surface area contributed by atoms with E-state index in [4.69, 9.17) is 4.74 Å². The maximum absolute atomic E-state index is 5.63. The van der Waals surface area contributed by atoms with Crippen LogP contribution in [0.15, 0.2) is 35.3 Å². The van der Waals surface area contributed by atoms with Gasteiger partial charge in [-0.25, -0.2) is 4.99 Å². The summed E-state index contributed by atoms with van der Waals surface area (Å²) in [5.41, 5.74) is 1.31. The Kier molecular flexibility index (Phi) is 8.19. The van der Waals surface area contributed by atoms with E-state index in [-0.39, 0.29) is 23.1 Å². The molecule has 0 bridgehead atoms. The second-order valence-corrected chi connectivity index (χ2v) is 5.22. The zero-order chi connectivity index (χ0) is 15.0. The number of aliphatic imine (C=N–C) groups is 1. The van der Waals surface area contributed by atoms with E-state index in [2.05, 4.69) is 29.3 Å². The third-order valence-electron chi connectivity index (χ3n) is 3.49. The number of nitrogens with zero attached hydrogens (tertiary/aromatic N) is 1. The first-order valence-corrected chi connectivity index (χ1v) is 7.55. The quantitative estimate of drug-likeness (QED) is 0.769. The van der Waals surface area contributed by atoms with Gasteiger partial charge in [0, 0.05) is 17.1 Å². The second kappa shape index (κ2) is 10.2. The van der Waals surface area contributed by atoms with Crippen molar-refractivity contribution in [2.45, 2.75) is 12.5 Å². The zero-order valence-electron chi connectivity index (χ0n) is 12.8. The van der Waals surface area contributed by atoms with Crippen molar-refractivity contribution in [1.29, 1.82) is 0 Å². The minimum atomic E-state index is 0. The maximum atomic E-state index is 5.63. The molecule has 2 aliphatic carbocycles. The van der Waals surface area contributed by atoms with E-state index in [0.717, 1.165) is 18.2 Å². The van der Waals surface area contributed by atoms with Gasteiger partial charge in [0.15, 0.2) is 5.90 Å². The van der Waals surface area contributed by atoms with Crippen molar-refractivity contribution in [3.05, 3.63) is 99.6 Å². The fraction of sp³-hybridized carbons (Fsp3) is 0.150. The summed E-state index contributed by atoms with van der Waals surface area (Å²) in [4.78, 5) is 4.62. The van der Waals surface area contributed by atoms with Crippen molar-refractivity contribution in [2.75, 3.05) is 6.61 Å². The fourth-order valence-electron chi connectivity index (χ4n) is 2.40. The molecule has 0 saturated heterocycles. The third-order valence-corrected chi connectivity index (χ3v) is 3.49. The fourth-order valence-corrected chi connectivity index (χ4v) is 2.40. The number of benzene rings is 1. The Morgan fingerprint density at radius 3 is 2.09 bits per heavy atom. The maximum Gasteiger partial charge on any atom is 0.191 e. The summed E-state index contributed by atoms with van der Waals surface area (Å²) in [6, 6.07) is 10.7. The van der Waals surface area contributed by atoms with Crippen LogP contribution in [0, 0.1) is 63.7 Å². The topological polar surface area (TPSA) is 21.6 Å². The monoisotopic (exact) mass is 345 g/mol. The van der Waals surface area contributed by atoms with Crippen LogP contribution in [-0.2, 0) is 28.2 Å². The van der Waals surface area contributed by atoms with E-state index < -0.39 is 0 Å². The van der Waals surface area contributed by atoms with Gasteiger partial charge in [-0.2, -0.15) is 0 Å². The Balaban J connectivity index is 0.000000276. The first-order valence-electron chi connectivity index (χ1n) is 7.55. The third kappa shape index (κ3) is 5.97. The smallest absolute Gasteiger partial charge is 0.191 e. The van der Waals surface area contributed by atoms with Gasteiger partial charge in [-0.05, 0) is 69.8 Å². The molecular formula is C20H19FeNO. The molecule has 0 amide bonds. The largest absolute Gasteiger partial charge is 0.478 e. The van der Waals surface area contributed by atoms with Crippen molar-refractivity contribution in [3.8, 4) is 0 Å². The molecule has 1 atom stereocenters. The van der Waals surface area contributed by atoms with E-state index in [9.17, 15) is 0 Å². The van der Waals surface area contributed by atoms with Crippen LogP contribution >= 0.6 is 0 Å². The molecule has 23 heavy (non-hydrogen) atoms. The van der Waals surface area contributed by atoms with Gasteiger partial charge in [-0.1, -0.05) is 30.3 Å². The minimum Gasteiger partial charge on any atom is -0.478 e. The molecule has 3 heteroatoms. The van der Waals surface area contributed by atoms with Crippen LogP contribution in [0.4, 0.5) is 0 Å². The molecule has 118 valence electrons. The van der Waals surface area contributed by atoms with Gasteiger partial charge in [-0.3, -0.25) is 0 Å². The molecule has 0 spiro atoms. The molecular weight excluding hydrogens is 326 g/mol. The van der Waals surface area contributed by atoms with Crippen LogP contribution in [0.5, 0.6) is 0 Å². The number of ether oxygens (including phenoxy) is 1. The average molecular weight is 345 g/mol. The van der Waals surface area contributed by atoms with Crippen LogP contribution in [0.25, 0.3) is 0 Å². The van der Waals surface area contributed by atoms with Crippen molar-refractivity contribution in [3.63, 3.8) is 0 Å². The number of hydrogen-bond acceptors (Lipinski definition) is 2. The average Bonchev–Trinajstić information content (AvgIpc) is 3.32. The molecule has 3 aliphatic rings. The molecule has 4 rings (SSSR count). The van der Waals surface area contributed by atoms with Crippen LogP contribution in [0.2, 0.25) is 0 Å². The molecule has 2 fully saturated rings. The molecule has 2 saturated carbocycles. The Morgan fingerprint density at radius 1 is 0.870 bits per heavy atom. The Bertz CT molecular complexity index is 456. The Morgan fingerprint density at radius 2 is 1.48 bits per heavy atom. The standard InChI is InChI=1S/C15H14NO.C5H5.Fe/c1-2-6-12(7-3-1)10-14-11-17-15(16-14)13-8-4-5-9-13;1-2-4-5-3-1;/h1-9,14H,10-11H2;1-5H;/t14-;;/m0../s1. The first kappa shape index (κ1) is 18.5. The normalized spacial score (nSPS) is 23.5. The van der Waals surface area contributed by atoms with E-state index >= 15 is 0 Å². The number of rotatable bonds is 3. The molecule has 2 nitrogen and oxygen atoms in total. The van der Waals surface area contributed by atoms with Crippen LogP contribution in [-0.4, -0.2) is 18.5 Å². The van der Waals surface area contributed by atoms with Crippen LogP contribution in [0.1, 0.15) is 5.56 Å². The molecule has 0 aromatic heterocycles. The van der Waals surface area contributed by atoms with Gasteiger partial charge < -0.3 is 4.74 Å². The van der Waals surface area contributed by atoms with Crippen molar-refractivity contribution in [2.24, 2.45) is 4.99 Å². The molecule has 1 aliphatic heterocycles. The zero-order valence-corrected chi connectivity index (χ0v) is 13.9. The van der Waals surface area contributed by atoms with Crippen LogP contribution < -0.4 is 0 Å². The summed E-state index contributed by atoms with van der Waals surface area (Å²) in [6.07, 6.45) is 19.0. The molecule has 1 aromatic carbocycles. The predicted molar refractivity (Wildman–Crippen MR) is 89.3 cm³/mol. The Hall–Kier alpha value is -0.791. The SMILES string of the molecule is [CH]1[CH][CH][CH][CH]1.[CH]1[CH][CH][C](C2=N[C@@H](Cc3ccccc3)CO2)[CH]1.[Fe]. The molecule has 1 aromatic rings. The van der Waals surface area contributed by atoms with Crippen molar-refractivity contribution < 1.29 is 21.8 Å². The van der Waals surface area contributed by atoms with Gasteiger partial charge in [0.25, 0.3) is 0 Å². The summed E-state index contributed by atoms with van der Waals surface area (Å²) < 4.78 is 5.63. The molecule has 0 unspecified atom stereocenters. The van der Waals surface area contributed by atoms with Crippen molar-refractivity contribution in [1.82, 2.24) is 0 Å². The molecule has 10 radical (unpaired) electrons. The van der Waals surface area contributed by atoms with Crippen LogP contribution in [0.3, 0.4) is 0 Å². The van der Waals surface area contributed by atoms with Gasteiger partial charge in [-0.15, -0.1) is 0 Å². The predicted octanol–water partition coefficient (Wildman–Crippen LogP) is 3.45.